The van der Waals surface area contributed by atoms with Crippen LogP contribution in [0.1, 0.15) is 0 Å². The fourth-order valence-corrected chi connectivity index (χ4v) is 9.90. The molecule has 10 aromatic carbocycles. The summed E-state index contributed by atoms with van der Waals surface area (Å²) in [5, 5.41) is 7.59. The van der Waals surface area contributed by atoms with Crippen LogP contribution in [0.15, 0.2) is 224 Å². The molecule has 0 unspecified atom stereocenters. The summed E-state index contributed by atoms with van der Waals surface area (Å²) in [5.74, 6) is 0. The number of anilines is 3. The van der Waals surface area contributed by atoms with Gasteiger partial charge in [-0.1, -0.05) is 188 Å². The number of hydrogen-bond acceptors (Lipinski definition) is 2. The maximum Gasteiger partial charge on any atom is 0.0547 e. The highest BCUT2D eigenvalue weighted by Gasteiger charge is 2.21. The van der Waals surface area contributed by atoms with E-state index in [9.17, 15) is 0 Å². The van der Waals surface area contributed by atoms with E-state index in [4.69, 9.17) is 0 Å². The number of fused-ring (bicyclic) bond motifs is 6. The van der Waals surface area contributed by atoms with Crippen molar-refractivity contribution in [1.82, 2.24) is 0 Å². The third-order valence-corrected chi connectivity index (χ3v) is 12.7. The Balaban J connectivity index is 1.10. The molecule has 0 spiro atoms. The van der Waals surface area contributed by atoms with Gasteiger partial charge >= 0.3 is 0 Å². The third kappa shape index (κ3) is 5.94. The van der Waals surface area contributed by atoms with Gasteiger partial charge in [-0.15, -0.1) is 11.3 Å². The monoisotopic (exact) mass is 755 g/mol. The van der Waals surface area contributed by atoms with Crippen LogP contribution in [0.25, 0.3) is 86.2 Å². The fraction of sp³-hybridized carbons (Fsp3) is 0. The van der Waals surface area contributed by atoms with Crippen LogP contribution < -0.4 is 4.90 Å². The van der Waals surface area contributed by atoms with Gasteiger partial charge in [0.05, 0.1) is 5.69 Å². The highest BCUT2D eigenvalue weighted by atomic mass is 32.1. The van der Waals surface area contributed by atoms with E-state index in [0.717, 1.165) is 17.1 Å². The van der Waals surface area contributed by atoms with Gasteiger partial charge < -0.3 is 4.90 Å². The van der Waals surface area contributed by atoms with Crippen LogP contribution in [0.3, 0.4) is 0 Å². The van der Waals surface area contributed by atoms with E-state index in [1.165, 1.54) is 86.2 Å². The van der Waals surface area contributed by atoms with Gasteiger partial charge in [-0.3, -0.25) is 0 Å². The van der Waals surface area contributed by atoms with Crippen molar-refractivity contribution in [3.8, 4) is 44.5 Å². The summed E-state index contributed by atoms with van der Waals surface area (Å²) in [4.78, 5) is 2.45. The van der Waals surface area contributed by atoms with Crippen molar-refractivity contribution in [3.05, 3.63) is 224 Å². The summed E-state index contributed by atoms with van der Waals surface area (Å²) in [6.45, 7) is 0. The number of rotatable bonds is 7. The Labute approximate surface area is 342 Å². The first-order valence-corrected chi connectivity index (χ1v) is 20.7. The minimum absolute atomic E-state index is 1.11. The minimum Gasteiger partial charge on any atom is -0.310 e. The second-order valence-corrected chi connectivity index (χ2v) is 15.9. The molecule has 11 aromatic rings. The third-order valence-electron chi connectivity index (χ3n) is 11.5. The summed E-state index contributed by atoms with van der Waals surface area (Å²) < 4.78 is 2.61. The van der Waals surface area contributed by atoms with Crippen LogP contribution in [0.2, 0.25) is 0 Å². The van der Waals surface area contributed by atoms with Gasteiger partial charge in [0, 0.05) is 42.3 Å². The molecule has 1 nitrogen and oxygen atoms in total. The Morgan fingerprint density at radius 1 is 0.310 bits per heavy atom. The SMILES string of the molecule is c1ccc(-c2ccc(-c3ccc(N(c4ccc(-c5ccccc5)cc4)c4cc5c(sc6cccc(-c7cccc8ccccc78)c65)c5ccccc45)cc3)cc2)cc1. The first-order valence-electron chi connectivity index (χ1n) is 19.8. The topological polar surface area (TPSA) is 3.24 Å². The van der Waals surface area contributed by atoms with Gasteiger partial charge in [0.2, 0.25) is 0 Å². The van der Waals surface area contributed by atoms with E-state index in [2.05, 4.69) is 229 Å². The second kappa shape index (κ2) is 14.4. The van der Waals surface area contributed by atoms with Crippen LogP contribution in [0.5, 0.6) is 0 Å². The van der Waals surface area contributed by atoms with Crippen molar-refractivity contribution in [3.63, 3.8) is 0 Å². The molecular weight excluding hydrogens is 719 g/mol. The van der Waals surface area contributed by atoms with Crippen molar-refractivity contribution in [2.45, 2.75) is 0 Å². The lowest BCUT2D eigenvalue weighted by Gasteiger charge is -2.28. The Hall–Kier alpha value is -7.26. The van der Waals surface area contributed by atoms with Crippen molar-refractivity contribution in [2.75, 3.05) is 4.90 Å². The molecule has 0 fully saturated rings. The van der Waals surface area contributed by atoms with E-state index in [1.54, 1.807) is 0 Å². The highest BCUT2D eigenvalue weighted by Crippen LogP contribution is 2.49. The predicted octanol–water partition coefficient (Wildman–Crippen LogP) is 16.5. The van der Waals surface area contributed by atoms with Crippen molar-refractivity contribution in [1.29, 1.82) is 0 Å². The van der Waals surface area contributed by atoms with E-state index in [1.807, 2.05) is 11.3 Å². The molecule has 0 N–H and O–H groups in total. The zero-order valence-corrected chi connectivity index (χ0v) is 32.5. The van der Waals surface area contributed by atoms with Gasteiger partial charge in [0.25, 0.3) is 0 Å². The lowest BCUT2D eigenvalue weighted by Crippen LogP contribution is -2.10. The smallest absolute Gasteiger partial charge is 0.0547 e. The van der Waals surface area contributed by atoms with Crippen LogP contribution in [-0.4, -0.2) is 0 Å². The molecule has 11 rings (SSSR count). The molecule has 2 heteroatoms. The van der Waals surface area contributed by atoms with Gasteiger partial charge in [-0.05, 0) is 91.7 Å². The number of thiophene rings is 1. The van der Waals surface area contributed by atoms with Crippen LogP contribution >= 0.6 is 11.3 Å². The Morgan fingerprint density at radius 3 is 1.36 bits per heavy atom. The Morgan fingerprint density at radius 2 is 0.759 bits per heavy atom. The molecule has 0 aliphatic heterocycles. The number of nitrogens with zero attached hydrogens (tertiary/aromatic N) is 1. The molecule has 0 radical (unpaired) electrons. The normalized spacial score (nSPS) is 11.4. The van der Waals surface area contributed by atoms with Gasteiger partial charge in [0.1, 0.15) is 0 Å². The average Bonchev–Trinajstić information content (AvgIpc) is 3.69. The van der Waals surface area contributed by atoms with Crippen molar-refractivity contribution in [2.24, 2.45) is 0 Å². The molecule has 0 saturated carbocycles. The summed E-state index contributed by atoms with van der Waals surface area (Å²) in [7, 11) is 0. The number of benzene rings is 10. The largest absolute Gasteiger partial charge is 0.310 e. The predicted molar refractivity (Wildman–Crippen MR) is 251 cm³/mol. The summed E-state index contributed by atoms with van der Waals surface area (Å²) in [6.07, 6.45) is 0. The van der Waals surface area contributed by atoms with Gasteiger partial charge in [-0.2, -0.15) is 0 Å². The standard InChI is InChI=1S/C56H37NS/c1-3-13-38(14-4-1)40-25-27-41(28-26-40)43-31-35-46(36-32-43)57(45-33-29-42(30-34-45)39-15-5-2-6-16-39)53-37-52-55-50(48-22-11-18-44-17-7-8-19-47(44)48)23-12-24-54(55)58-56(52)51-21-10-9-20-49(51)53/h1-37H. The quantitative estimate of drug-likeness (QED) is 0.157. The molecule has 1 aromatic heterocycles. The fourth-order valence-electron chi connectivity index (χ4n) is 8.65. The summed E-state index contributed by atoms with van der Waals surface area (Å²) >= 11 is 1.90. The maximum absolute atomic E-state index is 2.45. The molecule has 272 valence electrons. The molecule has 0 bridgehead atoms. The second-order valence-electron chi connectivity index (χ2n) is 14.9. The molecular formula is C56H37NS. The van der Waals surface area contributed by atoms with Crippen molar-refractivity contribution < 1.29 is 0 Å². The minimum atomic E-state index is 1.11. The van der Waals surface area contributed by atoms with Gasteiger partial charge in [0.15, 0.2) is 0 Å². The molecule has 1 heterocycles. The Kier molecular flexibility index (Phi) is 8.42. The molecule has 0 aliphatic carbocycles. The van der Waals surface area contributed by atoms with Crippen LogP contribution in [0, 0.1) is 0 Å². The zero-order chi connectivity index (χ0) is 38.4. The first-order chi connectivity index (χ1) is 28.8. The lowest BCUT2D eigenvalue weighted by molar-refractivity contribution is 1.30. The van der Waals surface area contributed by atoms with Crippen molar-refractivity contribution >= 4 is 70.1 Å². The molecule has 58 heavy (non-hydrogen) atoms. The molecule has 0 aliphatic rings. The molecule has 0 atom stereocenters. The maximum atomic E-state index is 2.45. The first kappa shape index (κ1) is 34.0. The summed E-state index contributed by atoms with van der Waals surface area (Å²) in [5.41, 5.74) is 13.1. The van der Waals surface area contributed by atoms with Gasteiger partial charge in [-0.25, -0.2) is 0 Å². The zero-order valence-electron chi connectivity index (χ0n) is 31.7. The van der Waals surface area contributed by atoms with E-state index < -0.39 is 0 Å². The van der Waals surface area contributed by atoms with E-state index in [-0.39, 0.29) is 0 Å². The number of hydrogen-bond donors (Lipinski definition) is 0. The molecule has 0 amide bonds. The molecule has 0 saturated heterocycles. The lowest BCUT2D eigenvalue weighted by atomic mass is 9.93. The summed E-state index contributed by atoms with van der Waals surface area (Å²) in [6, 6.07) is 81.8. The van der Waals surface area contributed by atoms with Crippen LogP contribution in [0.4, 0.5) is 17.1 Å². The van der Waals surface area contributed by atoms with E-state index >= 15 is 0 Å². The average molecular weight is 756 g/mol. The van der Waals surface area contributed by atoms with Crippen LogP contribution in [-0.2, 0) is 0 Å². The van der Waals surface area contributed by atoms with E-state index in [0.29, 0.717) is 0 Å². The highest BCUT2D eigenvalue weighted by molar-refractivity contribution is 7.26. The Bertz CT molecular complexity index is 3230.